The number of hydrogen-bond acceptors (Lipinski definition) is 3. The normalized spacial score (nSPS) is 10.6. The van der Waals surface area contributed by atoms with E-state index in [2.05, 4.69) is 0 Å². The lowest BCUT2D eigenvalue weighted by molar-refractivity contribution is -0.134. The Morgan fingerprint density at radius 3 is 2.72 bits per heavy atom. The largest absolute Gasteiger partial charge is 0.493 e. The van der Waals surface area contributed by atoms with E-state index in [1.165, 1.54) is 0 Å². The van der Waals surface area contributed by atoms with Crippen LogP contribution in [0.15, 0.2) is 24.3 Å². The monoisotopic (exact) mass is 248 g/mol. The quantitative estimate of drug-likeness (QED) is 0.567. The van der Waals surface area contributed by atoms with Crippen molar-refractivity contribution in [2.45, 2.75) is 33.1 Å². The van der Waals surface area contributed by atoms with Crippen LogP contribution in [0.1, 0.15) is 38.7 Å². The fourth-order valence-electron chi connectivity index (χ4n) is 1.56. The van der Waals surface area contributed by atoms with Crippen LogP contribution < -0.4 is 9.47 Å². The van der Waals surface area contributed by atoms with E-state index < -0.39 is 0 Å². The highest BCUT2D eigenvalue weighted by molar-refractivity contribution is 5.73. The van der Waals surface area contributed by atoms with Crippen molar-refractivity contribution in [3.8, 4) is 11.5 Å². The van der Waals surface area contributed by atoms with Crippen LogP contribution in [-0.2, 0) is 4.79 Å². The summed E-state index contributed by atoms with van der Waals surface area (Å²) < 4.78 is 10.5. The van der Waals surface area contributed by atoms with Crippen LogP contribution in [0.25, 0.3) is 6.08 Å². The molecule has 0 unspecified atom stereocenters. The Bertz CT molecular complexity index is 422. The maximum absolute atomic E-state index is 11.6. The first-order chi connectivity index (χ1) is 8.71. The highest BCUT2D eigenvalue weighted by Crippen LogP contribution is 2.29. The number of benzene rings is 1. The standard InChI is InChI=1S/C15H20O3/c1-4-6-8-15(16)18-13-10-9-12(7-5-2)11-14(13)17-3/h5,7,9-11H,4,6,8H2,1-3H3/b7-5-. The van der Waals surface area contributed by atoms with Crippen LogP contribution in [-0.4, -0.2) is 13.1 Å². The van der Waals surface area contributed by atoms with E-state index in [0.717, 1.165) is 18.4 Å². The molecule has 0 aliphatic heterocycles. The number of hydrogen-bond donors (Lipinski definition) is 0. The third kappa shape index (κ3) is 4.24. The third-order valence-corrected chi connectivity index (χ3v) is 2.51. The first-order valence-corrected chi connectivity index (χ1v) is 6.22. The van der Waals surface area contributed by atoms with E-state index in [1.807, 2.05) is 38.1 Å². The van der Waals surface area contributed by atoms with E-state index in [4.69, 9.17) is 9.47 Å². The van der Waals surface area contributed by atoms with E-state index in [-0.39, 0.29) is 5.97 Å². The molecule has 0 saturated heterocycles. The minimum absolute atomic E-state index is 0.214. The summed E-state index contributed by atoms with van der Waals surface area (Å²) in [5, 5.41) is 0. The Balaban J connectivity index is 2.79. The maximum atomic E-state index is 11.6. The van der Waals surface area contributed by atoms with Gasteiger partial charge >= 0.3 is 5.97 Å². The molecule has 0 spiro atoms. The number of carbonyl (C=O) groups is 1. The van der Waals surface area contributed by atoms with Crippen molar-refractivity contribution >= 4 is 12.0 Å². The minimum Gasteiger partial charge on any atom is -0.493 e. The Labute approximate surface area is 108 Å². The molecule has 0 amide bonds. The number of unbranched alkanes of at least 4 members (excludes halogenated alkanes) is 1. The molecule has 0 aliphatic rings. The van der Waals surface area contributed by atoms with Gasteiger partial charge in [0.1, 0.15) is 0 Å². The topological polar surface area (TPSA) is 35.5 Å². The number of methoxy groups -OCH3 is 1. The van der Waals surface area contributed by atoms with E-state index >= 15 is 0 Å². The smallest absolute Gasteiger partial charge is 0.311 e. The molecule has 98 valence electrons. The summed E-state index contributed by atoms with van der Waals surface area (Å²) in [7, 11) is 1.57. The molecule has 0 N–H and O–H groups in total. The Kier molecular flexibility index (Phi) is 5.98. The van der Waals surface area contributed by atoms with Gasteiger partial charge in [0.15, 0.2) is 11.5 Å². The molecular formula is C15H20O3. The Morgan fingerprint density at radius 1 is 1.33 bits per heavy atom. The molecule has 1 aromatic carbocycles. The molecule has 0 heterocycles. The fourth-order valence-corrected chi connectivity index (χ4v) is 1.56. The molecular weight excluding hydrogens is 228 g/mol. The second-order valence-electron chi connectivity index (χ2n) is 3.99. The summed E-state index contributed by atoms with van der Waals surface area (Å²) in [5.41, 5.74) is 1.02. The van der Waals surface area contributed by atoms with Crippen LogP contribution in [0.4, 0.5) is 0 Å². The average Bonchev–Trinajstić information content (AvgIpc) is 2.38. The predicted octanol–water partition coefficient (Wildman–Crippen LogP) is 3.82. The van der Waals surface area contributed by atoms with Crippen LogP contribution in [0, 0.1) is 0 Å². The van der Waals surface area contributed by atoms with E-state index in [0.29, 0.717) is 17.9 Å². The average molecular weight is 248 g/mol. The van der Waals surface area contributed by atoms with Crippen LogP contribution in [0.3, 0.4) is 0 Å². The molecule has 0 radical (unpaired) electrons. The van der Waals surface area contributed by atoms with Crippen molar-refractivity contribution in [1.29, 1.82) is 0 Å². The Morgan fingerprint density at radius 2 is 2.11 bits per heavy atom. The third-order valence-electron chi connectivity index (χ3n) is 2.51. The molecule has 3 nitrogen and oxygen atoms in total. The van der Waals surface area contributed by atoms with Gasteiger partial charge in [0.25, 0.3) is 0 Å². The number of carbonyl (C=O) groups excluding carboxylic acids is 1. The van der Waals surface area contributed by atoms with Gasteiger partial charge in [0.2, 0.25) is 0 Å². The lowest BCUT2D eigenvalue weighted by Crippen LogP contribution is -2.08. The van der Waals surface area contributed by atoms with Crippen molar-refractivity contribution in [2.75, 3.05) is 7.11 Å². The minimum atomic E-state index is -0.214. The zero-order valence-electron chi connectivity index (χ0n) is 11.2. The molecule has 0 aromatic heterocycles. The summed E-state index contributed by atoms with van der Waals surface area (Å²) in [6.45, 7) is 3.99. The molecule has 0 bridgehead atoms. The molecule has 1 rings (SSSR count). The van der Waals surface area contributed by atoms with Gasteiger partial charge < -0.3 is 9.47 Å². The zero-order valence-corrected chi connectivity index (χ0v) is 11.2. The van der Waals surface area contributed by atoms with Crippen LogP contribution >= 0.6 is 0 Å². The second kappa shape index (κ2) is 7.54. The van der Waals surface area contributed by atoms with Gasteiger partial charge in [-0.15, -0.1) is 0 Å². The second-order valence-corrected chi connectivity index (χ2v) is 3.99. The molecule has 0 atom stereocenters. The number of ether oxygens (including phenoxy) is 2. The molecule has 18 heavy (non-hydrogen) atoms. The van der Waals surface area contributed by atoms with Crippen molar-refractivity contribution in [1.82, 2.24) is 0 Å². The predicted molar refractivity (Wildman–Crippen MR) is 72.9 cm³/mol. The maximum Gasteiger partial charge on any atom is 0.311 e. The van der Waals surface area contributed by atoms with Gasteiger partial charge in [0, 0.05) is 6.42 Å². The molecule has 0 aliphatic carbocycles. The lowest BCUT2D eigenvalue weighted by atomic mass is 10.2. The van der Waals surface area contributed by atoms with Gasteiger partial charge in [-0.3, -0.25) is 4.79 Å². The van der Waals surface area contributed by atoms with Crippen LogP contribution in [0.5, 0.6) is 11.5 Å². The lowest BCUT2D eigenvalue weighted by Gasteiger charge is -2.09. The van der Waals surface area contributed by atoms with Crippen molar-refractivity contribution < 1.29 is 14.3 Å². The summed E-state index contributed by atoms with van der Waals surface area (Å²) in [4.78, 5) is 11.6. The van der Waals surface area contributed by atoms with Crippen molar-refractivity contribution in [3.63, 3.8) is 0 Å². The van der Waals surface area contributed by atoms with Gasteiger partial charge in [-0.2, -0.15) is 0 Å². The van der Waals surface area contributed by atoms with Gasteiger partial charge in [-0.25, -0.2) is 0 Å². The summed E-state index contributed by atoms with van der Waals surface area (Å²) >= 11 is 0. The number of rotatable bonds is 6. The zero-order chi connectivity index (χ0) is 13.4. The number of esters is 1. The summed E-state index contributed by atoms with van der Waals surface area (Å²) in [6, 6.07) is 5.51. The molecule has 3 heteroatoms. The van der Waals surface area contributed by atoms with Crippen LogP contribution in [0.2, 0.25) is 0 Å². The van der Waals surface area contributed by atoms with Gasteiger partial charge in [-0.05, 0) is 31.0 Å². The summed E-state index contributed by atoms with van der Waals surface area (Å²) in [6.07, 6.45) is 6.17. The molecule has 0 fully saturated rings. The van der Waals surface area contributed by atoms with E-state index in [9.17, 15) is 4.79 Å². The SMILES string of the molecule is C/C=C\c1ccc(OC(=O)CCCC)c(OC)c1. The molecule has 1 aromatic rings. The highest BCUT2D eigenvalue weighted by Gasteiger charge is 2.09. The van der Waals surface area contributed by atoms with Crippen molar-refractivity contribution in [3.05, 3.63) is 29.8 Å². The van der Waals surface area contributed by atoms with Gasteiger partial charge in [-0.1, -0.05) is 31.6 Å². The summed E-state index contributed by atoms with van der Waals surface area (Å²) in [5.74, 6) is 0.844. The Hall–Kier alpha value is -1.77. The van der Waals surface area contributed by atoms with Gasteiger partial charge in [0.05, 0.1) is 7.11 Å². The van der Waals surface area contributed by atoms with E-state index in [1.54, 1.807) is 13.2 Å². The number of allylic oxidation sites excluding steroid dienone is 1. The first-order valence-electron chi connectivity index (χ1n) is 6.22. The first kappa shape index (κ1) is 14.3. The fraction of sp³-hybridized carbons (Fsp3) is 0.400. The highest BCUT2D eigenvalue weighted by atomic mass is 16.6. The molecule has 0 saturated carbocycles. The van der Waals surface area contributed by atoms with Crippen molar-refractivity contribution in [2.24, 2.45) is 0 Å².